The lowest BCUT2D eigenvalue weighted by Gasteiger charge is -2.00. The van der Waals surface area contributed by atoms with E-state index in [1.54, 1.807) is 12.1 Å². The van der Waals surface area contributed by atoms with Gasteiger partial charge in [0.05, 0.1) is 10.6 Å². The number of aromatic carboxylic acids is 1. The maximum absolute atomic E-state index is 10.8. The molecule has 1 aromatic carbocycles. The van der Waals surface area contributed by atoms with Crippen molar-refractivity contribution in [1.29, 1.82) is 0 Å². The van der Waals surface area contributed by atoms with Gasteiger partial charge in [0, 0.05) is 25.5 Å². The summed E-state index contributed by atoms with van der Waals surface area (Å²) in [5.74, 6) is 4.42. The summed E-state index contributed by atoms with van der Waals surface area (Å²) in [7, 11) is 0. The first kappa shape index (κ1) is 14.1. The van der Waals surface area contributed by atoms with Gasteiger partial charge in [0.15, 0.2) is 0 Å². The number of rotatable bonds is 3. The molecule has 0 bridgehead atoms. The Morgan fingerprint density at radius 1 is 1.44 bits per heavy atom. The topological polar surface area (TPSA) is 66.4 Å². The van der Waals surface area contributed by atoms with Crippen LogP contribution in [0.2, 0.25) is 5.02 Å². The lowest BCUT2D eigenvalue weighted by atomic mass is 10.1. The van der Waals surface area contributed by atoms with E-state index in [9.17, 15) is 9.59 Å². The Morgan fingerprint density at radius 2 is 2.17 bits per heavy atom. The zero-order valence-corrected chi connectivity index (χ0v) is 10.5. The smallest absolute Gasteiger partial charge is 0.337 e. The summed E-state index contributed by atoms with van der Waals surface area (Å²) in [5.41, 5.74) is 0.504. The minimum atomic E-state index is -1.08. The molecule has 0 saturated carbocycles. The molecule has 4 nitrogen and oxygen atoms in total. The van der Waals surface area contributed by atoms with Crippen molar-refractivity contribution in [2.45, 2.75) is 13.3 Å². The zero-order valence-electron chi connectivity index (χ0n) is 9.79. The molecular weight excluding hydrogens is 254 g/mol. The van der Waals surface area contributed by atoms with E-state index in [4.69, 9.17) is 16.7 Å². The zero-order chi connectivity index (χ0) is 13.5. The van der Waals surface area contributed by atoms with Gasteiger partial charge in [-0.05, 0) is 12.1 Å². The number of hydrogen-bond donors (Lipinski definition) is 2. The van der Waals surface area contributed by atoms with Gasteiger partial charge in [0.1, 0.15) is 0 Å². The number of carboxylic acid groups (broad SMARTS) is 1. The standard InChI is InChI=1S/C13H12ClNO3/c1-9(16)15-8-3-2-5-10-6-4-7-11(12(10)14)13(17)18/h4,6-7H,3,8H2,1H3,(H,15,16)(H,17,18). The molecule has 0 aliphatic carbocycles. The molecule has 1 amide bonds. The van der Waals surface area contributed by atoms with Gasteiger partial charge in [-0.3, -0.25) is 4.79 Å². The van der Waals surface area contributed by atoms with Gasteiger partial charge in [-0.1, -0.05) is 29.5 Å². The van der Waals surface area contributed by atoms with E-state index in [1.807, 2.05) is 0 Å². The number of amides is 1. The van der Waals surface area contributed by atoms with Gasteiger partial charge in [0.25, 0.3) is 0 Å². The molecular formula is C13H12ClNO3. The highest BCUT2D eigenvalue weighted by Crippen LogP contribution is 2.20. The van der Waals surface area contributed by atoms with Crippen LogP contribution in [-0.2, 0) is 4.79 Å². The molecule has 0 unspecified atom stereocenters. The average Bonchev–Trinajstić information content (AvgIpc) is 2.30. The number of halogens is 1. The van der Waals surface area contributed by atoms with Crippen molar-refractivity contribution in [2.24, 2.45) is 0 Å². The van der Waals surface area contributed by atoms with Crippen LogP contribution >= 0.6 is 11.6 Å². The van der Waals surface area contributed by atoms with Crippen molar-refractivity contribution in [3.05, 3.63) is 34.3 Å². The Hall–Kier alpha value is -1.99. The molecule has 2 N–H and O–H groups in total. The van der Waals surface area contributed by atoms with Gasteiger partial charge >= 0.3 is 5.97 Å². The van der Waals surface area contributed by atoms with Crippen LogP contribution in [0.5, 0.6) is 0 Å². The lowest BCUT2D eigenvalue weighted by molar-refractivity contribution is -0.118. The molecule has 0 atom stereocenters. The first-order valence-electron chi connectivity index (χ1n) is 5.27. The Bertz CT molecular complexity index is 529. The fourth-order valence-electron chi connectivity index (χ4n) is 1.25. The normalized spacial score (nSPS) is 9.22. The number of carbonyl (C=O) groups is 2. The lowest BCUT2D eigenvalue weighted by Crippen LogP contribution is -2.20. The van der Waals surface area contributed by atoms with Gasteiger partial charge in [-0.2, -0.15) is 0 Å². The maximum atomic E-state index is 10.8. The highest BCUT2D eigenvalue weighted by atomic mass is 35.5. The summed E-state index contributed by atoms with van der Waals surface area (Å²) in [6.07, 6.45) is 0.479. The van der Waals surface area contributed by atoms with Crippen molar-refractivity contribution < 1.29 is 14.7 Å². The molecule has 94 valence electrons. The van der Waals surface area contributed by atoms with Crippen molar-refractivity contribution in [2.75, 3.05) is 6.54 Å². The monoisotopic (exact) mass is 265 g/mol. The highest BCUT2D eigenvalue weighted by molar-refractivity contribution is 6.34. The fourth-order valence-corrected chi connectivity index (χ4v) is 1.51. The fraction of sp³-hybridized carbons (Fsp3) is 0.231. The number of hydrogen-bond acceptors (Lipinski definition) is 2. The predicted molar refractivity (Wildman–Crippen MR) is 68.6 cm³/mol. The molecule has 1 rings (SSSR count). The third-order valence-corrected chi connectivity index (χ3v) is 2.48. The number of carbonyl (C=O) groups excluding carboxylic acids is 1. The Balaban J connectivity index is 2.74. The maximum Gasteiger partial charge on any atom is 0.337 e. The largest absolute Gasteiger partial charge is 0.478 e. The van der Waals surface area contributed by atoms with E-state index in [0.717, 1.165) is 0 Å². The second-order valence-electron chi connectivity index (χ2n) is 3.51. The van der Waals surface area contributed by atoms with E-state index in [0.29, 0.717) is 18.5 Å². The molecule has 18 heavy (non-hydrogen) atoms. The van der Waals surface area contributed by atoms with E-state index in [1.165, 1.54) is 13.0 Å². The van der Waals surface area contributed by atoms with Crippen LogP contribution < -0.4 is 5.32 Å². The Morgan fingerprint density at radius 3 is 2.78 bits per heavy atom. The van der Waals surface area contributed by atoms with Gasteiger partial charge < -0.3 is 10.4 Å². The summed E-state index contributed by atoms with van der Waals surface area (Å²) in [6, 6.07) is 4.67. The minimum Gasteiger partial charge on any atom is -0.478 e. The van der Waals surface area contributed by atoms with E-state index < -0.39 is 5.97 Å². The van der Waals surface area contributed by atoms with Crippen molar-refractivity contribution in [3.8, 4) is 11.8 Å². The van der Waals surface area contributed by atoms with Gasteiger partial charge in [-0.15, -0.1) is 0 Å². The second kappa shape index (κ2) is 6.67. The van der Waals surface area contributed by atoms with Crippen LogP contribution in [0, 0.1) is 11.8 Å². The Labute approximate surface area is 110 Å². The number of nitrogens with one attached hydrogen (secondary N) is 1. The number of benzene rings is 1. The predicted octanol–water partition coefficient (Wildman–Crippen LogP) is 1.92. The van der Waals surface area contributed by atoms with Crippen LogP contribution in [0.4, 0.5) is 0 Å². The van der Waals surface area contributed by atoms with Gasteiger partial charge in [-0.25, -0.2) is 4.79 Å². The molecule has 0 spiro atoms. The third-order valence-electron chi connectivity index (χ3n) is 2.08. The summed E-state index contributed by atoms with van der Waals surface area (Å²) in [4.78, 5) is 21.5. The summed E-state index contributed by atoms with van der Waals surface area (Å²) < 4.78 is 0. The molecule has 0 heterocycles. The molecule has 0 saturated heterocycles. The van der Waals surface area contributed by atoms with E-state index in [2.05, 4.69) is 17.2 Å². The minimum absolute atomic E-state index is 0.0327. The van der Waals surface area contributed by atoms with E-state index >= 15 is 0 Å². The van der Waals surface area contributed by atoms with Crippen LogP contribution in [0.1, 0.15) is 29.3 Å². The Kier molecular flexibility index (Phi) is 5.22. The summed E-state index contributed by atoms with van der Waals surface area (Å²) in [6.45, 7) is 1.89. The first-order chi connectivity index (χ1) is 8.52. The van der Waals surface area contributed by atoms with Crippen LogP contribution in [0.3, 0.4) is 0 Å². The molecule has 0 aliphatic rings. The molecule has 0 radical (unpaired) electrons. The van der Waals surface area contributed by atoms with E-state index in [-0.39, 0.29) is 16.5 Å². The highest BCUT2D eigenvalue weighted by Gasteiger charge is 2.10. The first-order valence-corrected chi connectivity index (χ1v) is 5.65. The van der Waals surface area contributed by atoms with Crippen LogP contribution in [0.25, 0.3) is 0 Å². The second-order valence-corrected chi connectivity index (χ2v) is 3.88. The molecule has 0 aromatic heterocycles. The SMILES string of the molecule is CC(=O)NCCC#Cc1cccc(C(=O)O)c1Cl. The molecule has 5 heteroatoms. The average molecular weight is 266 g/mol. The van der Waals surface area contributed by atoms with Crippen molar-refractivity contribution >= 4 is 23.5 Å². The van der Waals surface area contributed by atoms with Crippen molar-refractivity contribution in [3.63, 3.8) is 0 Å². The third kappa shape index (κ3) is 4.11. The summed E-state index contributed by atoms with van der Waals surface area (Å²) in [5, 5.41) is 11.6. The summed E-state index contributed by atoms with van der Waals surface area (Å²) >= 11 is 5.91. The van der Waals surface area contributed by atoms with Gasteiger partial charge in [0.2, 0.25) is 5.91 Å². The molecule has 1 aromatic rings. The number of carboxylic acids is 1. The molecule has 0 fully saturated rings. The van der Waals surface area contributed by atoms with Crippen molar-refractivity contribution in [1.82, 2.24) is 5.32 Å². The molecule has 0 aliphatic heterocycles. The van der Waals surface area contributed by atoms with Crippen LogP contribution in [0.15, 0.2) is 18.2 Å². The quantitative estimate of drug-likeness (QED) is 0.648. The van der Waals surface area contributed by atoms with Crippen LogP contribution in [-0.4, -0.2) is 23.5 Å².